The molecule has 0 fully saturated rings. The summed E-state index contributed by atoms with van der Waals surface area (Å²) in [5.74, 6) is 0.385. The zero-order chi connectivity index (χ0) is 16.1. The summed E-state index contributed by atoms with van der Waals surface area (Å²) in [6.07, 6.45) is 9.17. The molecule has 0 aliphatic carbocycles. The van der Waals surface area contributed by atoms with E-state index in [-0.39, 0.29) is 11.6 Å². The molecule has 5 heteroatoms. The Kier molecular flexibility index (Phi) is 12.9. The first-order chi connectivity index (χ1) is 10.1. The Balaban J connectivity index is 5.04. The van der Waals surface area contributed by atoms with Gasteiger partial charge in [0.2, 0.25) is 0 Å². The fraction of sp³-hybridized carbons (Fsp3) is 1.00. The summed E-state index contributed by atoms with van der Waals surface area (Å²) in [6, 6.07) is 0. The van der Waals surface area contributed by atoms with Crippen LogP contribution in [0.5, 0.6) is 0 Å². The Bertz CT molecular complexity index is 214. The van der Waals surface area contributed by atoms with E-state index in [0.29, 0.717) is 0 Å². The Morgan fingerprint density at radius 1 is 0.714 bits per heavy atom. The van der Waals surface area contributed by atoms with E-state index in [0.717, 1.165) is 38.8 Å². The van der Waals surface area contributed by atoms with Crippen molar-refractivity contribution < 1.29 is 0 Å². The number of unbranched alkanes of at least 4 members (excludes halogenated alkanes) is 2. The maximum absolute atomic E-state index is 6.62. The van der Waals surface area contributed by atoms with Gasteiger partial charge in [0.05, 0.1) is 0 Å². The van der Waals surface area contributed by atoms with Gasteiger partial charge >= 0.3 is 133 Å². The van der Waals surface area contributed by atoms with E-state index in [2.05, 4.69) is 37.9 Å². The van der Waals surface area contributed by atoms with E-state index in [1.807, 2.05) is 0 Å². The molecule has 0 aromatic rings. The van der Waals surface area contributed by atoms with Crippen molar-refractivity contribution in [2.24, 2.45) is 11.5 Å². The van der Waals surface area contributed by atoms with Crippen LogP contribution in [0.3, 0.4) is 0 Å². The van der Waals surface area contributed by atoms with Crippen molar-refractivity contribution in [1.82, 2.24) is 10.2 Å². The second-order valence-corrected chi connectivity index (χ2v) is 10.1. The Morgan fingerprint density at radius 3 is 1.38 bits per heavy atom. The standard InChI is InChI=1S/C16H41N4P/c1-5-9-13-19-21(15(17)11-7-3,16(18)12-8-4)20-14-10-6-2/h15-16,19-21H,5-14,17-18H2,1-4H3. The zero-order valence-corrected chi connectivity index (χ0v) is 15.9. The molecule has 4 nitrogen and oxygen atoms in total. The van der Waals surface area contributed by atoms with Crippen molar-refractivity contribution in [3.8, 4) is 0 Å². The molecule has 0 radical (unpaired) electrons. The van der Waals surface area contributed by atoms with Crippen LogP contribution in [0.25, 0.3) is 0 Å². The first-order valence-corrected chi connectivity index (χ1v) is 11.3. The van der Waals surface area contributed by atoms with Gasteiger partial charge in [-0.25, -0.2) is 0 Å². The first-order valence-electron chi connectivity index (χ1n) is 9.10. The second kappa shape index (κ2) is 12.8. The van der Waals surface area contributed by atoms with Gasteiger partial charge in [0.1, 0.15) is 0 Å². The molecule has 2 unspecified atom stereocenters. The molecule has 21 heavy (non-hydrogen) atoms. The van der Waals surface area contributed by atoms with Crippen LogP contribution < -0.4 is 21.6 Å². The molecule has 0 amide bonds. The van der Waals surface area contributed by atoms with Crippen LogP contribution in [0.2, 0.25) is 0 Å². The number of hydrogen-bond acceptors (Lipinski definition) is 4. The topological polar surface area (TPSA) is 76.1 Å². The fourth-order valence-electron chi connectivity index (χ4n) is 2.88. The molecular weight excluding hydrogens is 279 g/mol. The van der Waals surface area contributed by atoms with E-state index in [9.17, 15) is 0 Å². The van der Waals surface area contributed by atoms with Crippen LogP contribution in [0.4, 0.5) is 0 Å². The van der Waals surface area contributed by atoms with Crippen molar-refractivity contribution in [2.45, 2.75) is 90.6 Å². The molecule has 0 heterocycles. The molecule has 0 aromatic carbocycles. The van der Waals surface area contributed by atoms with E-state index >= 15 is 0 Å². The van der Waals surface area contributed by atoms with Crippen molar-refractivity contribution >= 4 is 7.56 Å². The van der Waals surface area contributed by atoms with Gasteiger partial charge in [0, 0.05) is 0 Å². The van der Waals surface area contributed by atoms with E-state index in [1.165, 1.54) is 25.7 Å². The normalized spacial score (nSPS) is 15.9. The SMILES string of the molecule is CCCCN[PH](NCCCC)(C(N)CCC)C(N)CCC. The summed E-state index contributed by atoms with van der Waals surface area (Å²) in [7, 11) is -2.06. The van der Waals surface area contributed by atoms with Gasteiger partial charge in [0.15, 0.2) is 0 Å². The number of rotatable bonds is 14. The first kappa shape index (κ1) is 21.3. The Morgan fingerprint density at radius 2 is 1.10 bits per heavy atom. The molecule has 0 spiro atoms. The van der Waals surface area contributed by atoms with E-state index in [1.54, 1.807) is 0 Å². The van der Waals surface area contributed by atoms with Crippen molar-refractivity contribution in [3.05, 3.63) is 0 Å². The number of nitrogens with two attached hydrogens (primary N) is 2. The van der Waals surface area contributed by atoms with Gasteiger partial charge < -0.3 is 0 Å². The third kappa shape index (κ3) is 7.38. The van der Waals surface area contributed by atoms with E-state index < -0.39 is 7.56 Å². The molecule has 0 aromatic heterocycles. The molecule has 130 valence electrons. The molecule has 0 rings (SSSR count). The maximum atomic E-state index is 6.62. The summed E-state index contributed by atoms with van der Waals surface area (Å²) in [4.78, 5) is 0. The third-order valence-corrected chi connectivity index (χ3v) is 8.85. The van der Waals surface area contributed by atoms with Gasteiger partial charge in [-0.15, -0.1) is 0 Å². The molecule has 0 saturated heterocycles. The predicted molar refractivity (Wildman–Crippen MR) is 99.9 cm³/mol. The number of nitrogens with one attached hydrogen (secondary N) is 2. The van der Waals surface area contributed by atoms with Crippen molar-refractivity contribution in [1.29, 1.82) is 0 Å². The molecule has 6 N–H and O–H groups in total. The van der Waals surface area contributed by atoms with Crippen LogP contribution >= 0.6 is 7.56 Å². The Hall–Kier alpha value is 0.270. The molecule has 0 aliphatic rings. The van der Waals surface area contributed by atoms with Crippen LogP contribution in [0, 0.1) is 0 Å². The van der Waals surface area contributed by atoms with Crippen LogP contribution in [-0.2, 0) is 0 Å². The van der Waals surface area contributed by atoms with Gasteiger partial charge in [-0.05, 0) is 0 Å². The van der Waals surface area contributed by atoms with Gasteiger partial charge in [-0.3, -0.25) is 0 Å². The summed E-state index contributed by atoms with van der Waals surface area (Å²) < 4.78 is 0. The molecular formula is C16H41N4P. The average molecular weight is 321 g/mol. The van der Waals surface area contributed by atoms with E-state index in [4.69, 9.17) is 11.5 Å². The molecule has 2 atom stereocenters. The molecule has 0 saturated carbocycles. The molecule has 0 aliphatic heterocycles. The van der Waals surface area contributed by atoms with Crippen LogP contribution in [0.15, 0.2) is 0 Å². The zero-order valence-electron chi connectivity index (χ0n) is 14.9. The summed E-state index contributed by atoms with van der Waals surface area (Å²) >= 11 is 0. The van der Waals surface area contributed by atoms with Crippen molar-refractivity contribution in [3.63, 3.8) is 0 Å². The minimum atomic E-state index is -2.06. The van der Waals surface area contributed by atoms with Crippen LogP contribution in [-0.4, -0.2) is 24.7 Å². The molecule has 0 bridgehead atoms. The second-order valence-electron chi connectivity index (χ2n) is 6.22. The van der Waals surface area contributed by atoms with Crippen LogP contribution in [0.1, 0.15) is 79.1 Å². The third-order valence-electron chi connectivity index (χ3n) is 4.26. The van der Waals surface area contributed by atoms with Gasteiger partial charge in [0.25, 0.3) is 0 Å². The van der Waals surface area contributed by atoms with Gasteiger partial charge in [-0.2, -0.15) is 0 Å². The summed E-state index contributed by atoms with van der Waals surface area (Å²) in [5.41, 5.74) is 13.2. The fourth-order valence-corrected chi connectivity index (χ4v) is 7.28. The quantitative estimate of drug-likeness (QED) is 0.292. The predicted octanol–water partition coefficient (Wildman–Crippen LogP) is 3.52. The van der Waals surface area contributed by atoms with Crippen molar-refractivity contribution in [2.75, 3.05) is 13.1 Å². The number of hydrogen-bond donors (Lipinski definition) is 4. The summed E-state index contributed by atoms with van der Waals surface area (Å²) in [6.45, 7) is 11.0. The minimum absolute atomic E-state index is 0.192. The monoisotopic (exact) mass is 320 g/mol. The Labute approximate surface area is 133 Å². The summed E-state index contributed by atoms with van der Waals surface area (Å²) in [5, 5.41) is 7.68. The average Bonchev–Trinajstić information content (AvgIpc) is 2.46. The van der Waals surface area contributed by atoms with Gasteiger partial charge in [-0.1, -0.05) is 0 Å².